The van der Waals surface area contributed by atoms with Gasteiger partial charge in [-0.15, -0.1) is 0 Å². The van der Waals surface area contributed by atoms with E-state index < -0.39 is 24.8 Å². The number of hydrogen-bond donors (Lipinski definition) is 0. The monoisotopic (exact) mass is 463 g/mol. The zero-order valence-corrected chi connectivity index (χ0v) is 20.0. The maximum absolute atomic E-state index is 13.3. The van der Waals surface area contributed by atoms with Gasteiger partial charge in [0, 0.05) is 12.1 Å². The number of methoxy groups -OCH3 is 3. The molecule has 0 fully saturated rings. The number of ether oxygens (including phenoxy) is 5. The lowest BCUT2D eigenvalue weighted by Gasteiger charge is -2.14. The van der Waals surface area contributed by atoms with Crippen molar-refractivity contribution in [3.63, 3.8) is 0 Å². The first kappa shape index (κ1) is 25.1. The molecule has 2 unspecified atom stereocenters. The fourth-order valence-corrected chi connectivity index (χ4v) is 4.26. The molecule has 0 amide bonds. The predicted octanol–water partition coefficient (Wildman–Crippen LogP) is 4.75. The molecule has 0 heterocycles. The molecule has 0 spiro atoms. The van der Waals surface area contributed by atoms with E-state index >= 15 is 0 Å². The Kier molecular flexibility index (Phi) is 9.02. The van der Waals surface area contributed by atoms with Crippen LogP contribution in [0.15, 0.2) is 30.3 Å². The van der Waals surface area contributed by atoms with Gasteiger partial charge in [0.2, 0.25) is 11.4 Å². The van der Waals surface area contributed by atoms with Crippen molar-refractivity contribution in [1.29, 1.82) is 0 Å². The summed E-state index contributed by atoms with van der Waals surface area (Å²) in [5, 5.41) is 0. The molecule has 9 heteroatoms. The van der Waals surface area contributed by atoms with Crippen molar-refractivity contribution >= 4 is 19.1 Å². The van der Waals surface area contributed by atoms with Crippen molar-refractivity contribution in [2.75, 3.05) is 34.5 Å². The zero-order valence-electron chi connectivity index (χ0n) is 19.1. The van der Waals surface area contributed by atoms with Crippen molar-refractivity contribution in [3.8, 4) is 28.7 Å². The van der Waals surface area contributed by atoms with Crippen molar-refractivity contribution in [1.82, 2.24) is 0 Å². The number of ketones is 1. The maximum Gasteiger partial charge on any atom is 0.431 e. The van der Waals surface area contributed by atoms with Crippen LogP contribution in [0.25, 0.3) is 0 Å². The number of Topliss-reactive ketones (excluding diaryl/α,β-unsaturated/α-hetero) is 1. The lowest BCUT2D eigenvalue weighted by molar-refractivity contribution is 0.0974. The molecule has 0 aliphatic heterocycles. The van der Waals surface area contributed by atoms with Crippen LogP contribution >= 0.6 is 7.80 Å². The molecule has 0 saturated heterocycles. The molecule has 2 aromatic rings. The molecule has 0 bridgehead atoms. The highest BCUT2D eigenvalue weighted by Crippen LogP contribution is 2.44. The van der Waals surface area contributed by atoms with E-state index in [0.29, 0.717) is 30.5 Å². The summed E-state index contributed by atoms with van der Waals surface area (Å²) in [5.41, 5.74) is -1.76. The molecule has 2 aromatic carbocycles. The van der Waals surface area contributed by atoms with Crippen LogP contribution in [0.2, 0.25) is 0 Å². The number of benzene rings is 2. The Morgan fingerprint density at radius 1 is 0.844 bits per heavy atom. The summed E-state index contributed by atoms with van der Waals surface area (Å²) in [7, 11) is 1.52. The van der Waals surface area contributed by atoms with Gasteiger partial charge in [-0.1, -0.05) is 10.6 Å². The van der Waals surface area contributed by atoms with Gasteiger partial charge in [0.25, 0.3) is 0 Å². The summed E-state index contributed by atoms with van der Waals surface area (Å²) in [5.74, 6) is 0.786. The zero-order chi connectivity index (χ0) is 23.8. The highest BCUT2D eigenvalue weighted by molar-refractivity contribution is 7.66. The predicted molar refractivity (Wildman–Crippen MR) is 121 cm³/mol. The van der Waals surface area contributed by atoms with Gasteiger partial charge in [-0.3, -0.25) is 4.79 Å². The first-order valence-electron chi connectivity index (χ1n) is 10.1. The summed E-state index contributed by atoms with van der Waals surface area (Å²) in [6.07, 6.45) is 0. The molecule has 2 atom stereocenters. The molecule has 32 heavy (non-hydrogen) atoms. The Hall–Kier alpha value is -3.12. The van der Waals surface area contributed by atoms with Crippen molar-refractivity contribution in [2.45, 2.75) is 26.4 Å². The molecule has 0 radical (unpaired) electrons. The van der Waals surface area contributed by atoms with Gasteiger partial charge >= 0.3 is 13.3 Å². The number of carbonyl (C=O) groups excluding carboxylic acids is 2. The van der Waals surface area contributed by atoms with Gasteiger partial charge in [-0.2, -0.15) is 0 Å². The SMILES string of the molecule is CCOc1cccc(OCC)c1C(=O)C(C)[P+](=O)C(=O)c1c(OC)cc(OC)cc1OC. The summed E-state index contributed by atoms with van der Waals surface area (Å²) in [6.45, 7) is 5.68. The number of hydrogen-bond acceptors (Lipinski definition) is 8. The van der Waals surface area contributed by atoms with Gasteiger partial charge in [-0.05, 0) is 32.9 Å². The first-order valence-corrected chi connectivity index (χ1v) is 11.4. The van der Waals surface area contributed by atoms with E-state index in [9.17, 15) is 14.2 Å². The van der Waals surface area contributed by atoms with Crippen LogP contribution in [0.4, 0.5) is 0 Å². The topological polar surface area (TPSA) is 97.4 Å². The van der Waals surface area contributed by atoms with Crippen molar-refractivity contribution in [2.24, 2.45) is 0 Å². The lowest BCUT2D eigenvalue weighted by Crippen LogP contribution is -2.19. The highest BCUT2D eigenvalue weighted by atomic mass is 31.1. The van der Waals surface area contributed by atoms with E-state index in [2.05, 4.69) is 0 Å². The van der Waals surface area contributed by atoms with Crippen LogP contribution in [0.1, 0.15) is 41.5 Å². The average molecular weight is 463 g/mol. The molecule has 0 aliphatic rings. The Bertz CT molecular complexity index is 952. The molecule has 8 nitrogen and oxygen atoms in total. The minimum Gasteiger partial charge on any atom is -0.496 e. The van der Waals surface area contributed by atoms with E-state index in [1.54, 1.807) is 32.0 Å². The second-order valence-electron chi connectivity index (χ2n) is 6.57. The van der Waals surface area contributed by atoms with Crippen LogP contribution in [0.5, 0.6) is 28.7 Å². The molecule has 0 aliphatic carbocycles. The van der Waals surface area contributed by atoms with Gasteiger partial charge in [0.05, 0.1) is 34.5 Å². The van der Waals surface area contributed by atoms with E-state index in [-0.39, 0.29) is 22.6 Å². The summed E-state index contributed by atoms with van der Waals surface area (Å²) in [4.78, 5) is 26.5. The first-order chi connectivity index (χ1) is 15.3. The second kappa shape index (κ2) is 11.5. The fraction of sp³-hybridized carbons (Fsp3) is 0.391. The quantitative estimate of drug-likeness (QED) is 0.329. The molecule has 0 saturated carbocycles. The Morgan fingerprint density at radius 2 is 1.34 bits per heavy atom. The smallest absolute Gasteiger partial charge is 0.431 e. The Balaban J connectivity index is 2.48. The van der Waals surface area contributed by atoms with Gasteiger partial charge in [0.1, 0.15) is 34.3 Å². The van der Waals surface area contributed by atoms with E-state index in [0.717, 1.165) is 0 Å². The molecule has 0 N–H and O–H groups in total. The highest BCUT2D eigenvalue weighted by Gasteiger charge is 2.45. The van der Waals surface area contributed by atoms with E-state index in [4.69, 9.17) is 23.7 Å². The van der Waals surface area contributed by atoms with Crippen LogP contribution in [-0.2, 0) is 4.57 Å². The minimum absolute atomic E-state index is 0.0142. The summed E-state index contributed by atoms with van der Waals surface area (Å²) < 4.78 is 40.2. The molecular formula is C23H28O8P+. The summed E-state index contributed by atoms with van der Waals surface area (Å²) >= 11 is 0. The van der Waals surface area contributed by atoms with Crippen LogP contribution < -0.4 is 23.7 Å². The van der Waals surface area contributed by atoms with Crippen LogP contribution in [0, 0.1) is 0 Å². The van der Waals surface area contributed by atoms with Gasteiger partial charge in [0.15, 0.2) is 5.56 Å². The van der Waals surface area contributed by atoms with Crippen LogP contribution in [0.3, 0.4) is 0 Å². The third-order valence-corrected chi connectivity index (χ3v) is 6.26. The van der Waals surface area contributed by atoms with Crippen molar-refractivity contribution < 1.29 is 37.8 Å². The normalized spacial score (nSPS) is 11.9. The van der Waals surface area contributed by atoms with E-state index in [1.165, 1.54) is 40.4 Å². The third kappa shape index (κ3) is 5.19. The molecule has 0 aromatic heterocycles. The Morgan fingerprint density at radius 3 is 1.75 bits per heavy atom. The van der Waals surface area contributed by atoms with E-state index in [1.807, 2.05) is 0 Å². The van der Waals surface area contributed by atoms with Gasteiger partial charge in [-0.25, -0.2) is 4.79 Å². The molecule has 172 valence electrons. The van der Waals surface area contributed by atoms with Crippen molar-refractivity contribution in [3.05, 3.63) is 41.5 Å². The van der Waals surface area contributed by atoms with Gasteiger partial charge < -0.3 is 23.7 Å². The van der Waals surface area contributed by atoms with Crippen LogP contribution in [-0.4, -0.2) is 51.5 Å². The second-order valence-corrected chi connectivity index (χ2v) is 8.41. The number of rotatable bonds is 12. The standard InChI is InChI=1S/C23H28O8P/c1-7-30-16-10-9-11-17(31-8-2)20(16)22(24)14(3)32(26)23(25)21-18(28-5)12-15(27-4)13-19(21)29-6/h9-14H,7-8H2,1-6H3/q+1. The number of carbonyl (C=O) groups is 2. The maximum atomic E-state index is 13.3. The molecular weight excluding hydrogens is 435 g/mol. The fourth-order valence-electron chi connectivity index (χ4n) is 3.12. The average Bonchev–Trinajstić information content (AvgIpc) is 2.81. The third-order valence-electron chi connectivity index (χ3n) is 4.69. The lowest BCUT2D eigenvalue weighted by atomic mass is 10.1. The molecule has 2 rings (SSSR count). The minimum atomic E-state index is -2.69. The summed E-state index contributed by atoms with van der Waals surface area (Å²) in [6, 6.07) is 7.95. The Labute approximate surface area is 188 Å². The largest absolute Gasteiger partial charge is 0.496 e.